The molecule has 16 heavy (non-hydrogen) atoms. The lowest BCUT2D eigenvalue weighted by Crippen LogP contribution is -2.36. The Hall–Kier alpha value is -1.08. The van der Waals surface area contributed by atoms with Crippen LogP contribution in [0.5, 0.6) is 0 Å². The van der Waals surface area contributed by atoms with Crippen LogP contribution in [0.2, 0.25) is 0 Å². The Morgan fingerprint density at radius 2 is 2.38 bits per heavy atom. The molecule has 0 saturated carbocycles. The van der Waals surface area contributed by atoms with E-state index < -0.39 is 5.97 Å². The summed E-state index contributed by atoms with van der Waals surface area (Å²) in [6.45, 7) is 3.10. The predicted molar refractivity (Wildman–Crippen MR) is 60.9 cm³/mol. The molecule has 1 unspecified atom stereocenters. The highest BCUT2D eigenvalue weighted by atomic mass is 16.4. The van der Waals surface area contributed by atoms with Gasteiger partial charge in [0.1, 0.15) is 0 Å². The number of carbonyl (C=O) groups is 1. The van der Waals surface area contributed by atoms with E-state index in [4.69, 9.17) is 10.4 Å². The monoisotopic (exact) mass is 224 g/mol. The number of piperidine rings is 1. The molecule has 0 amide bonds. The molecule has 1 heterocycles. The lowest BCUT2D eigenvalue weighted by atomic mass is 9.93. The van der Waals surface area contributed by atoms with Crippen LogP contribution in [0.25, 0.3) is 0 Å². The molecular weight excluding hydrogens is 204 g/mol. The number of carboxylic acids is 1. The number of nitrogens with zero attached hydrogens (tertiary/aromatic N) is 2. The van der Waals surface area contributed by atoms with Crippen LogP contribution in [0.3, 0.4) is 0 Å². The number of unbranched alkanes of at least 4 members (excludes halogenated alkanes) is 1. The van der Waals surface area contributed by atoms with Gasteiger partial charge < -0.3 is 10.0 Å². The summed E-state index contributed by atoms with van der Waals surface area (Å²) in [6, 6.07) is 2.15. The van der Waals surface area contributed by atoms with E-state index >= 15 is 0 Å². The summed E-state index contributed by atoms with van der Waals surface area (Å²) in [7, 11) is 0. The van der Waals surface area contributed by atoms with Gasteiger partial charge in [-0.05, 0) is 44.7 Å². The standard InChI is InChI=1S/C12H20N2O2/c13-7-1-2-8-14-9-3-4-11(10-14)5-6-12(15)16/h11H,1-6,8-10H2,(H,15,16). The molecule has 1 rings (SSSR count). The van der Waals surface area contributed by atoms with Gasteiger partial charge in [0.15, 0.2) is 0 Å². The molecule has 1 N–H and O–H groups in total. The summed E-state index contributed by atoms with van der Waals surface area (Å²) >= 11 is 0. The number of rotatable bonds is 6. The van der Waals surface area contributed by atoms with Crippen molar-refractivity contribution in [2.75, 3.05) is 19.6 Å². The molecule has 1 atom stereocenters. The largest absolute Gasteiger partial charge is 0.481 e. The molecule has 0 aromatic carbocycles. The highest BCUT2D eigenvalue weighted by molar-refractivity contribution is 5.66. The maximum atomic E-state index is 10.5. The SMILES string of the molecule is N#CCCCN1CCCC(CCC(=O)O)C1. The average Bonchev–Trinajstić information content (AvgIpc) is 2.27. The van der Waals surface area contributed by atoms with Gasteiger partial charge in [-0.25, -0.2) is 0 Å². The lowest BCUT2D eigenvalue weighted by Gasteiger charge is -2.32. The van der Waals surface area contributed by atoms with E-state index in [1.54, 1.807) is 0 Å². The molecular formula is C12H20N2O2. The van der Waals surface area contributed by atoms with Crippen LogP contribution < -0.4 is 0 Å². The van der Waals surface area contributed by atoms with Crippen molar-refractivity contribution in [3.05, 3.63) is 0 Å². The van der Waals surface area contributed by atoms with Gasteiger partial charge in [-0.1, -0.05) is 0 Å². The fourth-order valence-corrected chi connectivity index (χ4v) is 2.30. The zero-order valence-electron chi connectivity index (χ0n) is 9.69. The molecule has 0 radical (unpaired) electrons. The van der Waals surface area contributed by atoms with E-state index in [9.17, 15) is 4.79 Å². The van der Waals surface area contributed by atoms with Crippen molar-refractivity contribution < 1.29 is 9.90 Å². The van der Waals surface area contributed by atoms with Crippen molar-refractivity contribution in [1.29, 1.82) is 5.26 Å². The molecule has 1 saturated heterocycles. The molecule has 0 aliphatic carbocycles. The molecule has 4 heteroatoms. The fraction of sp³-hybridized carbons (Fsp3) is 0.833. The van der Waals surface area contributed by atoms with Crippen LogP contribution >= 0.6 is 0 Å². The Labute approximate surface area is 96.9 Å². The summed E-state index contributed by atoms with van der Waals surface area (Å²) in [5.74, 6) is -0.159. The maximum Gasteiger partial charge on any atom is 0.303 e. The Balaban J connectivity index is 2.19. The third-order valence-electron chi connectivity index (χ3n) is 3.13. The first-order valence-corrected chi connectivity index (χ1v) is 6.03. The third kappa shape index (κ3) is 5.13. The summed E-state index contributed by atoms with van der Waals surface area (Å²) in [5, 5.41) is 17.1. The third-order valence-corrected chi connectivity index (χ3v) is 3.13. The number of nitriles is 1. The molecule has 4 nitrogen and oxygen atoms in total. The molecule has 0 bridgehead atoms. The van der Waals surface area contributed by atoms with Crippen molar-refractivity contribution in [3.63, 3.8) is 0 Å². The van der Waals surface area contributed by atoms with Crippen LogP contribution in [0.1, 0.15) is 38.5 Å². The van der Waals surface area contributed by atoms with E-state index in [0.29, 0.717) is 12.3 Å². The molecule has 0 aromatic heterocycles. The Bertz CT molecular complexity index is 260. The molecule has 1 aliphatic heterocycles. The van der Waals surface area contributed by atoms with Crippen molar-refractivity contribution in [3.8, 4) is 6.07 Å². The molecule has 0 aromatic rings. The number of aliphatic carboxylic acids is 1. The number of carboxylic acid groups (broad SMARTS) is 1. The van der Waals surface area contributed by atoms with Gasteiger partial charge in [-0.3, -0.25) is 4.79 Å². The zero-order valence-corrected chi connectivity index (χ0v) is 9.69. The van der Waals surface area contributed by atoms with E-state index in [2.05, 4.69) is 11.0 Å². The minimum Gasteiger partial charge on any atom is -0.481 e. The van der Waals surface area contributed by atoms with Gasteiger partial charge in [0.25, 0.3) is 0 Å². The number of hydrogen-bond donors (Lipinski definition) is 1. The quantitative estimate of drug-likeness (QED) is 0.699. The normalized spacial score (nSPS) is 21.6. The van der Waals surface area contributed by atoms with Crippen LogP contribution in [-0.4, -0.2) is 35.6 Å². The lowest BCUT2D eigenvalue weighted by molar-refractivity contribution is -0.137. The van der Waals surface area contributed by atoms with Gasteiger partial charge in [0, 0.05) is 19.4 Å². The van der Waals surface area contributed by atoms with Crippen LogP contribution in [0, 0.1) is 17.2 Å². The minimum atomic E-state index is -0.693. The second kappa shape index (κ2) is 7.24. The number of hydrogen-bond acceptors (Lipinski definition) is 3. The summed E-state index contributed by atoms with van der Waals surface area (Å²) < 4.78 is 0. The van der Waals surface area contributed by atoms with Crippen LogP contribution in [0.15, 0.2) is 0 Å². The van der Waals surface area contributed by atoms with E-state index in [1.807, 2.05) is 0 Å². The summed E-state index contributed by atoms with van der Waals surface area (Å²) in [5.41, 5.74) is 0. The Morgan fingerprint density at radius 1 is 1.56 bits per heavy atom. The van der Waals surface area contributed by atoms with E-state index in [-0.39, 0.29) is 6.42 Å². The molecule has 1 fully saturated rings. The first-order chi connectivity index (χ1) is 7.72. The smallest absolute Gasteiger partial charge is 0.303 e. The molecule has 1 aliphatic rings. The maximum absolute atomic E-state index is 10.5. The fourth-order valence-electron chi connectivity index (χ4n) is 2.30. The zero-order chi connectivity index (χ0) is 11.8. The number of likely N-dealkylation sites (tertiary alicyclic amines) is 1. The van der Waals surface area contributed by atoms with Crippen LogP contribution in [0.4, 0.5) is 0 Å². The van der Waals surface area contributed by atoms with Crippen LogP contribution in [-0.2, 0) is 4.79 Å². The van der Waals surface area contributed by atoms with E-state index in [0.717, 1.165) is 45.3 Å². The second-order valence-corrected chi connectivity index (χ2v) is 4.50. The highest BCUT2D eigenvalue weighted by Gasteiger charge is 2.19. The summed E-state index contributed by atoms with van der Waals surface area (Å²) in [6.07, 6.45) is 4.96. The Morgan fingerprint density at radius 3 is 3.06 bits per heavy atom. The first kappa shape index (κ1) is 13.0. The van der Waals surface area contributed by atoms with Crippen molar-refractivity contribution in [1.82, 2.24) is 4.90 Å². The Kier molecular flexibility index (Phi) is 5.87. The van der Waals surface area contributed by atoms with Gasteiger partial charge in [0.05, 0.1) is 6.07 Å². The highest BCUT2D eigenvalue weighted by Crippen LogP contribution is 2.21. The first-order valence-electron chi connectivity index (χ1n) is 6.03. The van der Waals surface area contributed by atoms with Crippen molar-refractivity contribution in [2.24, 2.45) is 5.92 Å². The second-order valence-electron chi connectivity index (χ2n) is 4.50. The van der Waals surface area contributed by atoms with E-state index in [1.165, 1.54) is 0 Å². The topological polar surface area (TPSA) is 64.3 Å². The molecule has 90 valence electrons. The van der Waals surface area contributed by atoms with Crippen molar-refractivity contribution >= 4 is 5.97 Å². The van der Waals surface area contributed by atoms with Gasteiger partial charge >= 0.3 is 5.97 Å². The molecule has 0 spiro atoms. The van der Waals surface area contributed by atoms with Gasteiger partial charge in [-0.2, -0.15) is 5.26 Å². The van der Waals surface area contributed by atoms with Gasteiger partial charge in [0.2, 0.25) is 0 Å². The van der Waals surface area contributed by atoms with Crippen molar-refractivity contribution in [2.45, 2.75) is 38.5 Å². The average molecular weight is 224 g/mol. The predicted octanol–water partition coefficient (Wildman–Crippen LogP) is 1.87. The van der Waals surface area contributed by atoms with Gasteiger partial charge in [-0.15, -0.1) is 0 Å². The summed E-state index contributed by atoms with van der Waals surface area (Å²) in [4.78, 5) is 12.9. The minimum absolute atomic E-state index is 0.288.